The van der Waals surface area contributed by atoms with Gasteiger partial charge in [0.25, 0.3) is 0 Å². The molecule has 0 saturated heterocycles. The average molecular weight is 136 g/mol. The Morgan fingerprint density at radius 3 is 2.90 bits per heavy atom. The maximum atomic E-state index is 8.53. The summed E-state index contributed by atoms with van der Waals surface area (Å²) in [5.41, 5.74) is 4.53. The third-order valence-electron chi connectivity index (χ3n) is 1.27. The Kier molecular flexibility index (Phi) is 1.48. The van der Waals surface area contributed by atoms with Gasteiger partial charge in [-0.3, -0.25) is 0 Å². The lowest BCUT2D eigenvalue weighted by atomic mass is 10.0. The number of hydrogen-bond donors (Lipinski definition) is 1. The zero-order valence-corrected chi connectivity index (χ0v) is 5.66. The summed E-state index contributed by atoms with van der Waals surface area (Å²) in [5, 5.41) is 8.53. The van der Waals surface area contributed by atoms with Crippen LogP contribution in [0.1, 0.15) is 12.7 Å². The molecular weight excluding hydrogens is 128 g/mol. The molecule has 3 heteroatoms. The van der Waals surface area contributed by atoms with Crippen LogP contribution in [0.2, 0.25) is 0 Å². The Hall–Kier alpha value is -1.27. The van der Waals surface area contributed by atoms with Crippen LogP contribution in [0.15, 0.2) is 22.8 Å². The minimum absolute atomic E-state index is 0.495. The number of rotatable bonds is 1. The van der Waals surface area contributed by atoms with Crippen LogP contribution >= 0.6 is 0 Å². The van der Waals surface area contributed by atoms with Crippen molar-refractivity contribution in [2.24, 2.45) is 5.73 Å². The van der Waals surface area contributed by atoms with Crippen LogP contribution in [-0.2, 0) is 5.54 Å². The first-order chi connectivity index (χ1) is 4.67. The van der Waals surface area contributed by atoms with Gasteiger partial charge in [0.1, 0.15) is 5.76 Å². The minimum atomic E-state index is -0.997. The first kappa shape index (κ1) is 6.84. The lowest BCUT2D eigenvalue weighted by molar-refractivity contribution is 0.432. The van der Waals surface area contributed by atoms with Crippen LogP contribution in [0.25, 0.3) is 0 Å². The van der Waals surface area contributed by atoms with Gasteiger partial charge in [-0.15, -0.1) is 0 Å². The second kappa shape index (κ2) is 2.16. The molecule has 0 radical (unpaired) electrons. The molecule has 0 saturated carbocycles. The van der Waals surface area contributed by atoms with Crippen molar-refractivity contribution in [1.29, 1.82) is 5.26 Å². The molecule has 10 heavy (non-hydrogen) atoms. The van der Waals surface area contributed by atoms with Gasteiger partial charge < -0.3 is 10.2 Å². The van der Waals surface area contributed by atoms with Crippen molar-refractivity contribution in [1.82, 2.24) is 0 Å². The van der Waals surface area contributed by atoms with Crippen LogP contribution in [-0.4, -0.2) is 0 Å². The molecule has 0 aliphatic carbocycles. The van der Waals surface area contributed by atoms with E-state index in [2.05, 4.69) is 0 Å². The zero-order chi connectivity index (χ0) is 7.61. The van der Waals surface area contributed by atoms with E-state index in [0.29, 0.717) is 5.76 Å². The molecule has 3 nitrogen and oxygen atoms in total. The molecular formula is C7H8N2O. The molecule has 1 atom stereocenters. The SMILES string of the molecule is C[C@@](N)(C#N)c1ccco1. The Labute approximate surface area is 59.1 Å². The van der Waals surface area contributed by atoms with Crippen molar-refractivity contribution < 1.29 is 4.42 Å². The second-order valence-corrected chi connectivity index (χ2v) is 2.29. The van der Waals surface area contributed by atoms with Gasteiger partial charge in [-0.05, 0) is 19.1 Å². The first-order valence-electron chi connectivity index (χ1n) is 2.91. The van der Waals surface area contributed by atoms with E-state index < -0.39 is 5.54 Å². The van der Waals surface area contributed by atoms with E-state index in [1.165, 1.54) is 6.26 Å². The lowest BCUT2D eigenvalue weighted by Gasteiger charge is -2.09. The van der Waals surface area contributed by atoms with Crippen LogP contribution in [0.3, 0.4) is 0 Å². The molecule has 1 heterocycles. The maximum Gasteiger partial charge on any atom is 0.159 e. The fourth-order valence-electron chi connectivity index (χ4n) is 0.629. The molecule has 0 amide bonds. The van der Waals surface area contributed by atoms with Gasteiger partial charge in [0.15, 0.2) is 5.54 Å². The fraction of sp³-hybridized carbons (Fsp3) is 0.286. The molecule has 0 fully saturated rings. The summed E-state index contributed by atoms with van der Waals surface area (Å²) in [6, 6.07) is 5.32. The van der Waals surface area contributed by atoms with Gasteiger partial charge in [-0.2, -0.15) is 5.26 Å². The highest BCUT2D eigenvalue weighted by Gasteiger charge is 2.22. The van der Waals surface area contributed by atoms with Crippen molar-refractivity contribution in [3.8, 4) is 6.07 Å². The third kappa shape index (κ3) is 1.02. The summed E-state index contributed by atoms with van der Waals surface area (Å²) in [4.78, 5) is 0. The van der Waals surface area contributed by atoms with E-state index >= 15 is 0 Å². The van der Waals surface area contributed by atoms with Crippen molar-refractivity contribution in [3.05, 3.63) is 24.2 Å². The minimum Gasteiger partial charge on any atom is -0.466 e. The molecule has 0 spiro atoms. The van der Waals surface area contributed by atoms with Crippen molar-refractivity contribution in [2.45, 2.75) is 12.5 Å². The fourth-order valence-corrected chi connectivity index (χ4v) is 0.629. The van der Waals surface area contributed by atoms with Crippen molar-refractivity contribution in [3.63, 3.8) is 0 Å². The zero-order valence-electron chi connectivity index (χ0n) is 5.66. The van der Waals surface area contributed by atoms with Crippen LogP contribution in [0, 0.1) is 11.3 Å². The van der Waals surface area contributed by atoms with Crippen LogP contribution < -0.4 is 5.73 Å². The number of nitrogens with zero attached hydrogens (tertiary/aromatic N) is 1. The van der Waals surface area contributed by atoms with Gasteiger partial charge in [0.2, 0.25) is 0 Å². The monoisotopic (exact) mass is 136 g/mol. The number of nitriles is 1. The molecule has 0 aromatic carbocycles. The van der Waals surface area contributed by atoms with Crippen molar-refractivity contribution >= 4 is 0 Å². The molecule has 52 valence electrons. The third-order valence-corrected chi connectivity index (χ3v) is 1.27. The highest BCUT2D eigenvalue weighted by atomic mass is 16.3. The molecule has 1 aromatic rings. The Morgan fingerprint density at radius 1 is 1.80 bits per heavy atom. The summed E-state index contributed by atoms with van der Waals surface area (Å²) in [6.07, 6.45) is 1.50. The Balaban J connectivity index is 2.99. The first-order valence-corrected chi connectivity index (χ1v) is 2.91. The molecule has 2 N–H and O–H groups in total. The standard InChI is InChI=1S/C7H8N2O/c1-7(9,5-8)6-3-2-4-10-6/h2-4H,9H2,1H3/t7-/m1/s1. The van der Waals surface area contributed by atoms with Gasteiger partial charge >= 0.3 is 0 Å². The van der Waals surface area contributed by atoms with Gasteiger partial charge in [0, 0.05) is 0 Å². The van der Waals surface area contributed by atoms with Crippen molar-refractivity contribution in [2.75, 3.05) is 0 Å². The topological polar surface area (TPSA) is 63.0 Å². The second-order valence-electron chi connectivity index (χ2n) is 2.29. The normalized spacial score (nSPS) is 15.7. The largest absolute Gasteiger partial charge is 0.466 e. The molecule has 0 unspecified atom stereocenters. The number of nitrogens with two attached hydrogens (primary N) is 1. The summed E-state index contributed by atoms with van der Waals surface area (Å²) < 4.78 is 4.94. The highest BCUT2D eigenvalue weighted by Crippen LogP contribution is 2.15. The molecule has 0 aliphatic heterocycles. The van der Waals surface area contributed by atoms with E-state index in [-0.39, 0.29) is 0 Å². The summed E-state index contributed by atoms with van der Waals surface area (Å²) in [7, 11) is 0. The summed E-state index contributed by atoms with van der Waals surface area (Å²) in [5.74, 6) is 0.495. The molecule has 0 aliphatic rings. The summed E-state index contributed by atoms with van der Waals surface area (Å²) in [6.45, 7) is 1.60. The van der Waals surface area contributed by atoms with Gasteiger partial charge in [-0.1, -0.05) is 0 Å². The lowest BCUT2D eigenvalue weighted by Crippen LogP contribution is -2.30. The highest BCUT2D eigenvalue weighted by molar-refractivity contribution is 5.19. The van der Waals surface area contributed by atoms with Gasteiger partial charge in [-0.25, -0.2) is 0 Å². The molecule has 0 bridgehead atoms. The molecule has 1 aromatic heterocycles. The number of furan rings is 1. The maximum absolute atomic E-state index is 8.53. The van der Waals surface area contributed by atoms with E-state index in [1.54, 1.807) is 19.1 Å². The van der Waals surface area contributed by atoms with Gasteiger partial charge in [0.05, 0.1) is 12.3 Å². The van der Waals surface area contributed by atoms with Crippen LogP contribution in [0.5, 0.6) is 0 Å². The Morgan fingerprint density at radius 2 is 2.50 bits per heavy atom. The van der Waals surface area contributed by atoms with E-state index in [4.69, 9.17) is 15.4 Å². The number of hydrogen-bond acceptors (Lipinski definition) is 3. The van der Waals surface area contributed by atoms with E-state index in [0.717, 1.165) is 0 Å². The van der Waals surface area contributed by atoms with E-state index in [9.17, 15) is 0 Å². The quantitative estimate of drug-likeness (QED) is 0.625. The smallest absolute Gasteiger partial charge is 0.159 e. The van der Waals surface area contributed by atoms with Crippen LogP contribution in [0.4, 0.5) is 0 Å². The predicted molar refractivity (Wildman–Crippen MR) is 35.9 cm³/mol. The summed E-state index contributed by atoms with van der Waals surface area (Å²) >= 11 is 0. The predicted octanol–water partition coefficient (Wildman–Crippen LogP) is 0.977. The Bertz CT molecular complexity index is 243. The van der Waals surface area contributed by atoms with E-state index in [1.807, 2.05) is 6.07 Å². The molecule has 1 rings (SSSR count). The average Bonchev–Trinajstić information content (AvgIpc) is 2.38.